The lowest BCUT2D eigenvalue weighted by Gasteiger charge is -2.22. The van der Waals surface area contributed by atoms with Crippen LogP contribution in [0.3, 0.4) is 0 Å². The molecule has 0 radical (unpaired) electrons. The molecule has 2 heteroatoms. The van der Waals surface area contributed by atoms with Gasteiger partial charge in [0.1, 0.15) is 5.78 Å². The molecule has 0 fully saturated rings. The van der Waals surface area contributed by atoms with Crippen LogP contribution in [-0.4, -0.2) is 5.78 Å². The van der Waals surface area contributed by atoms with E-state index < -0.39 is 0 Å². The fraction of sp³-hybridized carbons (Fsp3) is 0.667. The first kappa shape index (κ1) is 12.8. The molecule has 0 amide bonds. The molecule has 17 heavy (non-hydrogen) atoms. The first-order chi connectivity index (χ1) is 8.22. The van der Waals surface area contributed by atoms with E-state index in [0.717, 1.165) is 12.8 Å². The number of fused-ring (bicyclic) bond motifs is 1. The van der Waals surface area contributed by atoms with E-state index in [4.69, 9.17) is 0 Å². The highest BCUT2D eigenvalue weighted by molar-refractivity contribution is 7.10. The number of rotatable bonds is 5. The summed E-state index contributed by atoms with van der Waals surface area (Å²) >= 11 is 1.82. The number of hydrogen-bond acceptors (Lipinski definition) is 2. The Bertz CT molecular complexity index is 380. The molecule has 0 spiro atoms. The lowest BCUT2D eigenvalue weighted by molar-refractivity contribution is -0.121. The van der Waals surface area contributed by atoms with Crippen LogP contribution in [0.15, 0.2) is 11.4 Å². The molecule has 1 nitrogen and oxygen atoms in total. The number of ketones is 1. The van der Waals surface area contributed by atoms with Crippen LogP contribution in [0.5, 0.6) is 0 Å². The number of hydrogen-bond donors (Lipinski definition) is 0. The lowest BCUT2D eigenvalue weighted by Crippen LogP contribution is -2.19. The maximum absolute atomic E-state index is 12.3. The number of thiophene rings is 1. The standard InChI is InChI=1S/C15H22OS/c1-3-5-11(2)10-14(16)12-6-4-7-15-13(12)8-9-17-15/h8-9,11-12H,3-7,10H2,1-2H3. The highest BCUT2D eigenvalue weighted by Crippen LogP contribution is 2.36. The smallest absolute Gasteiger partial charge is 0.140 e. The Morgan fingerprint density at radius 3 is 3.18 bits per heavy atom. The Balaban J connectivity index is 2.02. The number of Topliss-reactive ketones (excluding diaryl/α,β-unsaturated/α-hetero) is 1. The van der Waals surface area contributed by atoms with Crippen molar-refractivity contribution in [3.8, 4) is 0 Å². The molecule has 2 rings (SSSR count). The molecular weight excluding hydrogens is 228 g/mol. The average Bonchev–Trinajstić information content (AvgIpc) is 2.76. The molecule has 1 aliphatic carbocycles. The van der Waals surface area contributed by atoms with Gasteiger partial charge in [0, 0.05) is 17.2 Å². The Morgan fingerprint density at radius 2 is 2.41 bits per heavy atom. The van der Waals surface area contributed by atoms with Crippen molar-refractivity contribution >= 4 is 17.1 Å². The molecule has 0 aromatic carbocycles. The van der Waals surface area contributed by atoms with E-state index >= 15 is 0 Å². The molecule has 1 aromatic rings. The first-order valence-electron chi connectivity index (χ1n) is 6.81. The van der Waals surface area contributed by atoms with Crippen LogP contribution in [0.25, 0.3) is 0 Å². The van der Waals surface area contributed by atoms with Crippen LogP contribution in [0.1, 0.15) is 62.3 Å². The number of aryl methyl sites for hydroxylation is 1. The van der Waals surface area contributed by atoms with Gasteiger partial charge in [0.2, 0.25) is 0 Å². The zero-order chi connectivity index (χ0) is 12.3. The maximum atomic E-state index is 12.3. The third kappa shape index (κ3) is 2.98. The molecule has 0 aliphatic heterocycles. The maximum Gasteiger partial charge on any atom is 0.140 e. The predicted octanol–water partition coefficient (Wildman–Crippen LogP) is 4.56. The van der Waals surface area contributed by atoms with Crippen molar-refractivity contribution in [1.29, 1.82) is 0 Å². The topological polar surface area (TPSA) is 17.1 Å². The summed E-state index contributed by atoms with van der Waals surface area (Å²) < 4.78 is 0. The summed E-state index contributed by atoms with van der Waals surface area (Å²) in [6, 6.07) is 2.17. The predicted molar refractivity (Wildman–Crippen MR) is 73.7 cm³/mol. The molecule has 1 aliphatic rings. The van der Waals surface area contributed by atoms with Crippen molar-refractivity contribution in [3.05, 3.63) is 21.9 Å². The van der Waals surface area contributed by atoms with Crippen molar-refractivity contribution in [2.45, 2.75) is 58.3 Å². The van der Waals surface area contributed by atoms with E-state index in [2.05, 4.69) is 25.3 Å². The minimum absolute atomic E-state index is 0.212. The Kier molecular flexibility index (Phi) is 4.38. The molecule has 0 saturated carbocycles. The van der Waals surface area contributed by atoms with E-state index in [1.807, 2.05) is 11.3 Å². The van der Waals surface area contributed by atoms with Gasteiger partial charge in [-0.2, -0.15) is 0 Å². The molecule has 94 valence electrons. The van der Waals surface area contributed by atoms with Gasteiger partial charge in [-0.1, -0.05) is 26.7 Å². The Morgan fingerprint density at radius 1 is 1.59 bits per heavy atom. The molecule has 2 atom stereocenters. The van der Waals surface area contributed by atoms with Crippen molar-refractivity contribution in [2.75, 3.05) is 0 Å². The zero-order valence-corrected chi connectivity index (χ0v) is 11.7. The zero-order valence-electron chi connectivity index (χ0n) is 10.9. The summed E-state index contributed by atoms with van der Waals surface area (Å²) in [5.74, 6) is 1.24. The monoisotopic (exact) mass is 250 g/mol. The van der Waals surface area contributed by atoms with Crippen LogP contribution in [0.4, 0.5) is 0 Å². The third-order valence-corrected chi connectivity index (χ3v) is 4.77. The van der Waals surface area contributed by atoms with E-state index in [0.29, 0.717) is 11.7 Å². The summed E-state index contributed by atoms with van der Waals surface area (Å²) in [4.78, 5) is 13.8. The van der Waals surface area contributed by atoms with Crippen molar-refractivity contribution in [3.63, 3.8) is 0 Å². The van der Waals surface area contributed by atoms with Crippen LogP contribution in [0.2, 0.25) is 0 Å². The average molecular weight is 250 g/mol. The molecule has 1 aromatic heterocycles. The van der Waals surface area contributed by atoms with Gasteiger partial charge in [-0.3, -0.25) is 4.79 Å². The van der Waals surface area contributed by atoms with Gasteiger partial charge in [0.15, 0.2) is 0 Å². The van der Waals surface area contributed by atoms with Crippen molar-refractivity contribution in [2.24, 2.45) is 5.92 Å². The molecule has 0 N–H and O–H groups in total. The van der Waals surface area contributed by atoms with Crippen LogP contribution in [-0.2, 0) is 11.2 Å². The minimum Gasteiger partial charge on any atom is -0.299 e. The van der Waals surface area contributed by atoms with Crippen molar-refractivity contribution < 1.29 is 4.79 Å². The highest BCUT2D eigenvalue weighted by atomic mass is 32.1. The molecule has 0 bridgehead atoms. The fourth-order valence-electron chi connectivity index (χ4n) is 2.90. The summed E-state index contributed by atoms with van der Waals surface area (Å²) in [5.41, 5.74) is 1.34. The van der Waals surface area contributed by atoms with Gasteiger partial charge in [0.05, 0.1) is 0 Å². The second-order valence-corrected chi connectivity index (χ2v) is 6.31. The van der Waals surface area contributed by atoms with Crippen molar-refractivity contribution in [1.82, 2.24) is 0 Å². The van der Waals surface area contributed by atoms with Crippen LogP contribution in [0, 0.1) is 5.92 Å². The molecular formula is C15H22OS. The Hall–Kier alpha value is -0.630. The third-order valence-electron chi connectivity index (χ3n) is 3.77. The summed E-state index contributed by atoms with van der Waals surface area (Å²) in [6.45, 7) is 4.40. The molecule has 1 heterocycles. The summed E-state index contributed by atoms with van der Waals surface area (Å²) in [5, 5.41) is 2.14. The van der Waals surface area contributed by atoms with Gasteiger partial charge in [-0.05, 0) is 42.2 Å². The molecule has 0 saturated heterocycles. The fourth-order valence-corrected chi connectivity index (χ4v) is 3.89. The lowest BCUT2D eigenvalue weighted by atomic mass is 9.81. The second kappa shape index (κ2) is 5.81. The van der Waals surface area contributed by atoms with E-state index in [9.17, 15) is 4.79 Å². The Labute approximate surface area is 108 Å². The van der Waals surface area contributed by atoms with E-state index in [1.54, 1.807) is 0 Å². The number of carbonyl (C=O) groups excluding carboxylic acids is 1. The first-order valence-corrected chi connectivity index (χ1v) is 7.69. The second-order valence-electron chi connectivity index (χ2n) is 5.31. The van der Waals surface area contributed by atoms with Gasteiger partial charge in [-0.25, -0.2) is 0 Å². The molecule has 2 unspecified atom stereocenters. The highest BCUT2D eigenvalue weighted by Gasteiger charge is 2.27. The SMILES string of the molecule is CCCC(C)CC(=O)C1CCCc2sccc21. The minimum atomic E-state index is 0.212. The van der Waals surface area contributed by atoms with Gasteiger partial charge in [0.25, 0.3) is 0 Å². The van der Waals surface area contributed by atoms with E-state index in [-0.39, 0.29) is 5.92 Å². The van der Waals surface area contributed by atoms with Gasteiger partial charge in [-0.15, -0.1) is 11.3 Å². The number of carbonyl (C=O) groups is 1. The normalized spacial score (nSPS) is 20.9. The largest absolute Gasteiger partial charge is 0.299 e. The summed E-state index contributed by atoms with van der Waals surface area (Å²) in [6.07, 6.45) is 6.57. The van der Waals surface area contributed by atoms with Crippen LogP contribution >= 0.6 is 11.3 Å². The van der Waals surface area contributed by atoms with Crippen LogP contribution < -0.4 is 0 Å². The van der Waals surface area contributed by atoms with Gasteiger partial charge < -0.3 is 0 Å². The van der Waals surface area contributed by atoms with Gasteiger partial charge >= 0.3 is 0 Å². The summed E-state index contributed by atoms with van der Waals surface area (Å²) in [7, 11) is 0. The van der Waals surface area contributed by atoms with E-state index in [1.165, 1.54) is 36.1 Å². The quantitative estimate of drug-likeness (QED) is 0.748.